The molecule has 1 aromatic rings. The van der Waals surface area contributed by atoms with Gasteiger partial charge in [-0.25, -0.2) is 0 Å². The summed E-state index contributed by atoms with van der Waals surface area (Å²) in [5.74, 6) is 0.614. The molecule has 0 unspecified atom stereocenters. The molecule has 82 valence electrons. The highest BCUT2D eigenvalue weighted by Gasteiger charge is 2.12. The van der Waals surface area contributed by atoms with Crippen LogP contribution in [0.4, 0.5) is 0 Å². The first-order valence-electron chi connectivity index (χ1n) is 5.01. The van der Waals surface area contributed by atoms with Crippen LogP contribution >= 0.6 is 0 Å². The molecule has 0 aromatic heterocycles. The second-order valence-corrected chi connectivity index (χ2v) is 3.26. The van der Waals surface area contributed by atoms with Crippen molar-refractivity contribution in [2.75, 3.05) is 6.61 Å². The maximum atomic E-state index is 9.88. The van der Waals surface area contributed by atoms with Gasteiger partial charge in [-0.2, -0.15) is 0 Å². The smallest absolute Gasteiger partial charge is 0.162 e. The van der Waals surface area contributed by atoms with Gasteiger partial charge in [0.25, 0.3) is 0 Å². The normalized spacial score (nSPS) is 12.1. The molecule has 0 amide bonds. The van der Waals surface area contributed by atoms with Crippen molar-refractivity contribution in [3.8, 4) is 11.5 Å². The summed E-state index contributed by atoms with van der Waals surface area (Å²) in [4.78, 5) is 0. The van der Waals surface area contributed by atoms with E-state index in [9.17, 15) is 5.11 Å². The lowest BCUT2D eigenvalue weighted by Gasteiger charge is -2.14. The number of phenols is 1. The van der Waals surface area contributed by atoms with Crippen molar-refractivity contribution < 1.29 is 9.84 Å². The predicted octanol–water partition coefficient (Wildman–Crippen LogP) is 2.37. The summed E-state index contributed by atoms with van der Waals surface area (Å²) in [7, 11) is 0. The van der Waals surface area contributed by atoms with E-state index in [1.807, 2.05) is 13.0 Å². The molecule has 0 aliphatic carbocycles. The first-order valence-corrected chi connectivity index (χ1v) is 5.01. The molecule has 3 heteroatoms. The van der Waals surface area contributed by atoms with Gasteiger partial charge in [-0.05, 0) is 19.4 Å². The average Bonchev–Trinajstić information content (AvgIpc) is 2.22. The van der Waals surface area contributed by atoms with Gasteiger partial charge in [0, 0.05) is 11.6 Å². The van der Waals surface area contributed by atoms with Crippen molar-refractivity contribution in [2.45, 2.75) is 19.4 Å². The van der Waals surface area contributed by atoms with E-state index in [0.29, 0.717) is 24.3 Å². The Morgan fingerprint density at radius 2 is 2.33 bits per heavy atom. The maximum absolute atomic E-state index is 9.88. The van der Waals surface area contributed by atoms with E-state index in [4.69, 9.17) is 10.5 Å². The molecule has 0 saturated heterocycles. The molecule has 1 aromatic carbocycles. The van der Waals surface area contributed by atoms with Crippen LogP contribution in [0.2, 0.25) is 0 Å². The van der Waals surface area contributed by atoms with Gasteiger partial charge < -0.3 is 15.6 Å². The third-order valence-corrected chi connectivity index (χ3v) is 2.15. The molecule has 1 atom stereocenters. The first kappa shape index (κ1) is 11.6. The zero-order valence-corrected chi connectivity index (χ0v) is 8.94. The Hall–Kier alpha value is -1.48. The first-order chi connectivity index (χ1) is 7.20. The molecule has 0 heterocycles. The summed E-state index contributed by atoms with van der Waals surface area (Å²) in [5.41, 5.74) is 6.58. The Balaban J connectivity index is 2.97. The third-order valence-electron chi connectivity index (χ3n) is 2.15. The number of para-hydroxylation sites is 1. The van der Waals surface area contributed by atoms with Crippen LogP contribution in [0, 0.1) is 0 Å². The maximum Gasteiger partial charge on any atom is 0.162 e. The van der Waals surface area contributed by atoms with Crippen LogP contribution in [-0.2, 0) is 0 Å². The van der Waals surface area contributed by atoms with Gasteiger partial charge >= 0.3 is 0 Å². The van der Waals surface area contributed by atoms with Gasteiger partial charge in [0.05, 0.1) is 6.61 Å². The SMILES string of the molecule is C=CC[C@@H](N)c1cccc(OCC)c1O. The number of rotatable bonds is 5. The number of nitrogens with two attached hydrogens (primary N) is 1. The molecule has 0 aliphatic rings. The summed E-state index contributed by atoms with van der Waals surface area (Å²) >= 11 is 0. The Morgan fingerprint density at radius 3 is 2.93 bits per heavy atom. The quantitative estimate of drug-likeness (QED) is 0.729. The molecule has 0 spiro atoms. The molecule has 0 fully saturated rings. The van der Waals surface area contributed by atoms with E-state index in [0.717, 1.165) is 0 Å². The fraction of sp³-hybridized carbons (Fsp3) is 0.333. The van der Waals surface area contributed by atoms with Crippen LogP contribution in [0.3, 0.4) is 0 Å². The molecular weight excluding hydrogens is 190 g/mol. The molecule has 15 heavy (non-hydrogen) atoms. The second-order valence-electron chi connectivity index (χ2n) is 3.26. The van der Waals surface area contributed by atoms with Crippen molar-refractivity contribution in [1.29, 1.82) is 0 Å². The van der Waals surface area contributed by atoms with E-state index in [1.165, 1.54) is 0 Å². The molecule has 3 nitrogen and oxygen atoms in total. The zero-order chi connectivity index (χ0) is 11.3. The Kier molecular flexibility index (Phi) is 4.18. The molecule has 0 aliphatic heterocycles. The number of phenolic OH excluding ortho intramolecular Hbond substituents is 1. The highest BCUT2D eigenvalue weighted by molar-refractivity contribution is 5.46. The Morgan fingerprint density at radius 1 is 1.60 bits per heavy atom. The number of hydrogen-bond acceptors (Lipinski definition) is 3. The van der Waals surface area contributed by atoms with E-state index in [-0.39, 0.29) is 11.8 Å². The molecular formula is C12H17NO2. The summed E-state index contributed by atoms with van der Waals surface area (Å²) < 4.78 is 5.27. The van der Waals surface area contributed by atoms with Crippen LogP contribution < -0.4 is 10.5 Å². The van der Waals surface area contributed by atoms with E-state index in [2.05, 4.69) is 6.58 Å². The summed E-state index contributed by atoms with van der Waals surface area (Å²) in [6.07, 6.45) is 2.36. The highest BCUT2D eigenvalue weighted by Crippen LogP contribution is 2.33. The van der Waals surface area contributed by atoms with Gasteiger partial charge in [-0.1, -0.05) is 18.2 Å². The van der Waals surface area contributed by atoms with Crippen LogP contribution in [0.5, 0.6) is 11.5 Å². The standard InChI is InChI=1S/C12H17NO2/c1-3-6-10(13)9-7-5-8-11(12(9)14)15-4-2/h3,5,7-8,10,14H,1,4,6,13H2,2H3/t10-/m1/s1. The monoisotopic (exact) mass is 207 g/mol. The highest BCUT2D eigenvalue weighted by atomic mass is 16.5. The molecule has 0 radical (unpaired) electrons. The molecule has 0 bridgehead atoms. The van der Waals surface area contributed by atoms with Gasteiger partial charge in [0.1, 0.15) is 0 Å². The fourth-order valence-electron chi connectivity index (χ4n) is 1.42. The van der Waals surface area contributed by atoms with E-state index >= 15 is 0 Å². The van der Waals surface area contributed by atoms with E-state index < -0.39 is 0 Å². The second kappa shape index (κ2) is 5.41. The Bertz CT molecular complexity index is 336. The van der Waals surface area contributed by atoms with Gasteiger partial charge in [0.15, 0.2) is 11.5 Å². The lowest BCUT2D eigenvalue weighted by atomic mass is 10.0. The summed E-state index contributed by atoms with van der Waals surface area (Å²) in [6, 6.07) is 5.11. The third kappa shape index (κ3) is 2.73. The van der Waals surface area contributed by atoms with Crippen molar-refractivity contribution in [3.05, 3.63) is 36.4 Å². The Labute approximate surface area is 90.2 Å². The van der Waals surface area contributed by atoms with Gasteiger partial charge in [-0.15, -0.1) is 6.58 Å². The van der Waals surface area contributed by atoms with Crippen molar-refractivity contribution in [2.24, 2.45) is 5.73 Å². The fourth-order valence-corrected chi connectivity index (χ4v) is 1.42. The largest absolute Gasteiger partial charge is 0.504 e. The number of ether oxygens (including phenoxy) is 1. The topological polar surface area (TPSA) is 55.5 Å². The summed E-state index contributed by atoms with van der Waals surface area (Å²) in [6.45, 7) is 6.01. The minimum absolute atomic E-state index is 0.133. The van der Waals surface area contributed by atoms with Crippen molar-refractivity contribution in [1.82, 2.24) is 0 Å². The van der Waals surface area contributed by atoms with Gasteiger partial charge in [0.2, 0.25) is 0 Å². The number of aromatic hydroxyl groups is 1. The molecule has 3 N–H and O–H groups in total. The van der Waals surface area contributed by atoms with Crippen LogP contribution in [0.15, 0.2) is 30.9 Å². The van der Waals surface area contributed by atoms with Crippen LogP contribution in [0.1, 0.15) is 24.9 Å². The minimum Gasteiger partial charge on any atom is -0.504 e. The van der Waals surface area contributed by atoms with Crippen LogP contribution in [0.25, 0.3) is 0 Å². The average molecular weight is 207 g/mol. The van der Waals surface area contributed by atoms with Crippen molar-refractivity contribution >= 4 is 0 Å². The van der Waals surface area contributed by atoms with Crippen molar-refractivity contribution in [3.63, 3.8) is 0 Å². The summed E-state index contributed by atoms with van der Waals surface area (Å²) in [5, 5.41) is 9.88. The molecule has 0 saturated carbocycles. The molecule has 1 rings (SSSR count). The zero-order valence-electron chi connectivity index (χ0n) is 8.94. The van der Waals surface area contributed by atoms with Gasteiger partial charge in [-0.3, -0.25) is 0 Å². The minimum atomic E-state index is -0.233. The predicted molar refractivity (Wildman–Crippen MR) is 61.0 cm³/mol. The lowest BCUT2D eigenvalue weighted by molar-refractivity contribution is 0.315. The number of hydrogen-bond donors (Lipinski definition) is 2. The lowest BCUT2D eigenvalue weighted by Crippen LogP contribution is -2.09. The number of benzene rings is 1. The van der Waals surface area contributed by atoms with Crippen LogP contribution in [-0.4, -0.2) is 11.7 Å². The van der Waals surface area contributed by atoms with E-state index in [1.54, 1.807) is 18.2 Å².